The Hall–Kier alpha value is -2.57. The first-order valence-electron chi connectivity index (χ1n) is 8.46. The van der Waals surface area contributed by atoms with E-state index in [0.717, 1.165) is 31.4 Å². The van der Waals surface area contributed by atoms with Gasteiger partial charge in [0.2, 0.25) is 5.91 Å². The molecule has 0 saturated carbocycles. The fourth-order valence-corrected chi connectivity index (χ4v) is 3.37. The van der Waals surface area contributed by atoms with Crippen molar-refractivity contribution < 1.29 is 9.21 Å². The maximum Gasteiger partial charge on any atom is 0.291 e. The molecule has 126 valence electrons. The van der Waals surface area contributed by atoms with Gasteiger partial charge < -0.3 is 9.32 Å². The Labute approximate surface area is 138 Å². The number of fused-ring (bicyclic) bond motifs is 3. The first-order valence-corrected chi connectivity index (χ1v) is 8.46. The van der Waals surface area contributed by atoms with Crippen LogP contribution in [-0.2, 0) is 11.3 Å². The molecule has 4 heterocycles. The van der Waals surface area contributed by atoms with Gasteiger partial charge in [0.15, 0.2) is 5.58 Å². The average molecular weight is 328 g/mol. The van der Waals surface area contributed by atoms with E-state index >= 15 is 0 Å². The normalized spacial score (nSPS) is 15.4. The highest BCUT2D eigenvalue weighted by Crippen LogP contribution is 2.18. The zero-order chi connectivity index (χ0) is 16.5. The number of furan rings is 1. The van der Waals surface area contributed by atoms with Gasteiger partial charge in [0.25, 0.3) is 5.56 Å². The van der Waals surface area contributed by atoms with Crippen LogP contribution in [0.4, 0.5) is 0 Å². The van der Waals surface area contributed by atoms with Crippen LogP contribution in [-0.4, -0.2) is 38.1 Å². The van der Waals surface area contributed by atoms with Crippen LogP contribution in [0.3, 0.4) is 0 Å². The van der Waals surface area contributed by atoms with Crippen LogP contribution < -0.4 is 5.56 Å². The molecule has 0 unspecified atom stereocenters. The number of carbonyl (C=O) groups excluding carboxylic acids is 1. The van der Waals surface area contributed by atoms with E-state index in [1.165, 1.54) is 11.1 Å². The molecule has 0 aliphatic carbocycles. The van der Waals surface area contributed by atoms with Gasteiger partial charge in [-0.2, -0.15) is 5.10 Å². The summed E-state index contributed by atoms with van der Waals surface area (Å²) in [5, 5.41) is 4.22. The molecule has 0 bridgehead atoms. The monoisotopic (exact) mass is 328 g/mol. The third-order valence-corrected chi connectivity index (χ3v) is 4.69. The molecule has 1 amide bonds. The van der Waals surface area contributed by atoms with Gasteiger partial charge in [0.1, 0.15) is 11.8 Å². The smallest absolute Gasteiger partial charge is 0.291 e. The minimum absolute atomic E-state index is 0.158. The van der Waals surface area contributed by atoms with Crippen LogP contribution in [0.1, 0.15) is 32.1 Å². The van der Waals surface area contributed by atoms with E-state index in [1.54, 1.807) is 23.1 Å². The SMILES string of the molecule is O=C(CCCn1ncn2c(cc3occc32)c1=O)N1CCCCC1. The topological polar surface area (TPSA) is 72.7 Å². The highest BCUT2D eigenvalue weighted by molar-refractivity contribution is 5.81. The standard InChI is InChI=1S/C17H20N4O3/c22-16(19-7-2-1-3-8-19)5-4-9-21-17(23)14-11-15-13(6-10-24-15)20(14)12-18-21/h6,10-12H,1-5,7-9H2. The molecule has 0 spiro atoms. The molecule has 1 aliphatic heterocycles. The van der Waals surface area contributed by atoms with Crippen LogP contribution in [0, 0.1) is 0 Å². The molecule has 3 aromatic heterocycles. The van der Waals surface area contributed by atoms with E-state index < -0.39 is 0 Å². The number of hydrogen-bond donors (Lipinski definition) is 0. The number of carbonyl (C=O) groups is 1. The van der Waals surface area contributed by atoms with Crippen molar-refractivity contribution in [1.82, 2.24) is 19.1 Å². The molecular formula is C17H20N4O3. The lowest BCUT2D eigenvalue weighted by molar-refractivity contribution is -0.132. The number of aromatic nitrogens is 3. The van der Waals surface area contributed by atoms with E-state index in [9.17, 15) is 9.59 Å². The van der Waals surface area contributed by atoms with Crippen LogP contribution in [0.2, 0.25) is 0 Å². The molecule has 1 fully saturated rings. The number of amides is 1. The van der Waals surface area contributed by atoms with Crippen molar-refractivity contribution >= 4 is 22.5 Å². The molecule has 3 aromatic rings. The van der Waals surface area contributed by atoms with E-state index in [2.05, 4.69) is 5.10 Å². The van der Waals surface area contributed by atoms with Gasteiger partial charge >= 0.3 is 0 Å². The second-order valence-corrected chi connectivity index (χ2v) is 6.27. The maximum absolute atomic E-state index is 12.5. The van der Waals surface area contributed by atoms with Gasteiger partial charge in [-0.1, -0.05) is 0 Å². The lowest BCUT2D eigenvalue weighted by Crippen LogP contribution is -2.35. The van der Waals surface area contributed by atoms with Gasteiger partial charge in [-0.3, -0.25) is 14.0 Å². The number of rotatable bonds is 4. The summed E-state index contributed by atoms with van der Waals surface area (Å²) in [6.45, 7) is 2.18. The van der Waals surface area contributed by atoms with E-state index in [-0.39, 0.29) is 11.5 Å². The van der Waals surface area contributed by atoms with Gasteiger partial charge in [0.05, 0.1) is 11.8 Å². The van der Waals surface area contributed by atoms with Crippen LogP contribution in [0.5, 0.6) is 0 Å². The number of aryl methyl sites for hydroxylation is 1. The Bertz CT molecular complexity index is 930. The Morgan fingerprint density at radius 2 is 2.04 bits per heavy atom. The van der Waals surface area contributed by atoms with E-state index in [0.29, 0.717) is 30.5 Å². The van der Waals surface area contributed by atoms with Crippen molar-refractivity contribution in [2.24, 2.45) is 0 Å². The van der Waals surface area contributed by atoms with Crippen molar-refractivity contribution in [2.75, 3.05) is 13.1 Å². The van der Waals surface area contributed by atoms with Gasteiger partial charge in [0, 0.05) is 38.2 Å². The largest absolute Gasteiger partial charge is 0.463 e. The lowest BCUT2D eigenvalue weighted by Gasteiger charge is -2.26. The number of likely N-dealkylation sites (tertiary alicyclic amines) is 1. The summed E-state index contributed by atoms with van der Waals surface area (Å²) < 4.78 is 8.49. The third kappa shape index (κ3) is 2.60. The first kappa shape index (κ1) is 15.0. The minimum atomic E-state index is -0.158. The minimum Gasteiger partial charge on any atom is -0.463 e. The Balaban J connectivity index is 1.45. The number of hydrogen-bond acceptors (Lipinski definition) is 4. The number of nitrogens with zero attached hydrogens (tertiary/aromatic N) is 4. The molecule has 1 saturated heterocycles. The second-order valence-electron chi connectivity index (χ2n) is 6.27. The summed E-state index contributed by atoms with van der Waals surface area (Å²) >= 11 is 0. The van der Waals surface area contributed by atoms with Crippen LogP contribution >= 0.6 is 0 Å². The molecule has 24 heavy (non-hydrogen) atoms. The predicted molar refractivity (Wildman–Crippen MR) is 88.9 cm³/mol. The third-order valence-electron chi connectivity index (χ3n) is 4.69. The molecule has 0 aromatic carbocycles. The van der Waals surface area contributed by atoms with Crippen molar-refractivity contribution in [3.63, 3.8) is 0 Å². The first-order chi connectivity index (χ1) is 11.7. The maximum atomic E-state index is 12.5. The molecule has 4 rings (SSSR count). The molecule has 0 radical (unpaired) electrons. The molecule has 7 heteroatoms. The average Bonchev–Trinajstić information content (AvgIpc) is 3.19. The van der Waals surface area contributed by atoms with Crippen molar-refractivity contribution in [2.45, 2.75) is 38.6 Å². The molecule has 7 nitrogen and oxygen atoms in total. The quantitative estimate of drug-likeness (QED) is 0.734. The fraction of sp³-hybridized carbons (Fsp3) is 0.471. The zero-order valence-corrected chi connectivity index (χ0v) is 13.5. The van der Waals surface area contributed by atoms with E-state index in [4.69, 9.17) is 4.42 Å². The van der Waals surface area contributed by atoms with Crippen LogP contribution in [0.15, 0.2) is 33.9 Å². The zero-order valence-electron chi connectivity index (χ0n) is 13.5. The summed E-state index contributed by atoms with van der Waals surface area (Å²) in [5.74, 6) is 0.184. The highest BCUT2D eigenvalue weighted by atomic mass is 16.3. The summed E-state index contributed by atoms with van der Waals surface area (Å²) in [6, 6.07) is 3.54. The van der Waals surface area contributed by atoms with E-state index in [1.807, 2.05) is 11.0 Å². The fourth-order valence-electron chi connectivity index (χ4n) is 3.37. The van der Waals surface area contributed by atoms with Gasteiger partial charge in [-0.15, -0.1) is 0 Å². The molecule has 0 atom stereocenters. The summed E-state index contributed by atoms with van der Waals surface area (Å²) in [6.07, 6.45) is 7.70. The second kappa shape index (κ2) is 6.14. The molecule has 1 aliphatic rings. The van der Waals surface area contributed by atoms with Gasteiger partial charge in [-0.25, -0.2) is 4.68 Å². The Kier molecular flexibility index (Phi) is 3.84. The lowest BCUT2D eigenvalue weighted by atomic mass is 10.1. The summed E-state index contributed by atoms with van der Waals surface area (Å²) in [4.78, 5) is 26.6. The van der Waals surface area contributed by atoms with Crippen molar-refractivity contribution in [3.8, 4) is 0 Å². The molecule has 0 N–H and O–H groups in total. The highest BCUT2D eigenvalue weighted by Gasteiger charge is 2.16. The summed E-state index contributed by atoms with van der Waals surface area (Å²) in [7, 11) is 0. The Morgan fingerprint density at radius 1 is 1.21 bits per heavy atom. The molecular weight excluding hydrogens is 308 g/mol. The van der Waals surface area contributed by atoms with Crippen LogP contribution in [0.25, 0.3) is 16.6 Å². The summed E-state index contributed by atoms with van der Waals surface area (Å²) in [5.41, 5.74) is 1.89. The van der Waals surface area contributed by atoms with Crippen molar-refractivity contribution in [3.05, 3.63) is 35.1 Å². The van der Waals surface area contributed by atoms with Gasteiger partial charge in [-0.05, 0) is 25.7 Å². The predicted octanol–water partition coefficient (Wildman–Crippen LogP) is 2.03. The number of piperidine rings is 1. The van der Waals surface area contributed by atoms with Crippen molar-refractivity contribution in [1.29, 1.82) is 0 Å². The Morgan fingerprint density at radius 3 is 2.88 bits per heavy atom.